The van der Waals surface area contributed by atoms with Crippen LogP contribution in [0.3, 0.4) is 0 Å². The molecule has 0 aliphatic carbocycles. The van der Waals surface area contributed by atoms with Crippen LogP contribution in [0.2, 0.25) is 0 Å². The van der Waals surface area contributed by atoms with Gasteiger partial charge in [0.15, 0.2) is 24.6 Å². The van der Waals surface area contributed by atoms with E-state index in [0.717, 1.165) is 6.07 Å². The van der Waals surface area contributed by atoms with Gasteiger partial charge in [-0.1, -0.05) is 0 Å². The van der Waals surface area contributed by atoms with Crippen molar-refractivity contribution in [3.8, 4) is 17.2 Å². The van der Waals surface area contributed by atoms with Crippen molar-refractivity contribution in [2.45, 2.75) is 6.18 Å². The summed E-state index contributed by atoms with van der Waals surface area (Å²) in [4.78, 5) is 10.9. The van der Waals surface area contributed by atoms with Crippen molar-refractivity contribution in [3.63, 3.8) is 0 Å². The molecule has 0 saturated heterocycles. The molecular weight excluding hydrogens is 269 g/mol. The Bertz CT molecular complexity index is 498. The van der Waals surface area contributed by atoms with Gasteiger partial charge in [-0.2, -0.15) is 13.2 Å². The summed E-state index contributed by atoms with van der Waals surface area (Å²) in [6.07, 6.45) is -4.50. The van der Waals surface area contributed by atoms with Crippen LogP contribution in [0.15, 0.2) is 6.07 Å². The molecule has 104 valence electrons. The van der Waals surface area contributed by atoms with Crippen LogP contribution in [0.25, 0.3) is 0 Å². The van der Waals surface area contributed by atoms with Crippen LogP contribution in [0.4, 0.5) is 13.2 Å². The van der Waals surface area contributed by atoms with Gasteiger partial charge in [0.2, 0.25) is 6.79 Å². The fraction of sp³-hybridized carbons (Fsp3) is 0.364. The molecule has 0 aromatic heterocycles. The Morgan fingerprint density at radius 1 is 1.42 bits per heavy atom. The van der Waals surface area contributed by atoms with Gasteiger partial charge in [0.25, 0.3) is 0 Å². The van der Waals surface area contributed by atoms with E-state index in [0.29, 0.717) is 0 Å². The average molecular weight is 278 g/mol. The number of rotatable bonds is 4. The molecule has 0 saturated carbocycles. The maximum atomic E-state index is 13.1. The molecule has 0 bridgehead atoms. The number of carbonyl (C=O) groups excluding carboxylic acids is 1. The van der Waals surface area contributed by atoms with Gasteiger partial charge in [0.1, 0.15) is 11.3 Å². The number of carbonyl (C=O) groups is 1. The molecule has 1 heterocycles. The summed E-state index contributed by atoms with van der Waals surface area (Å²) in [5.74, 6) is -1.25. The predicted molar refractivity (Wildman–Crippen MR) is 55.5 cm³/mol. The largest absolute Gasteiger partial charge is 0.466 e. The van der Waals surface area contributed by atoms with E-state index in [1.54, 1.807) is 0 Å². The maximum Gasteiger partial charge on any atom is 0.423 e. The van der Waals surface area contributed by atoms with E-state index in [4.69, 9.17) is 14.2 Å². The highest BCUT2D eigenvalue weighted by atomic mass is 19.4. The van der Waals surface area contributed by atoms with Crippen molar-refractivity contribution in [1.29, 1.82) is 0 Å². The standard InChI is InChI=1S/C11H9F3O5/c1-16-4-18-9-6(3-15)2-7-10(19-5-17-7)8(9)11(12,13)14/h2-3H,4-5H2,1H3. The lowest BCUT2D eigenvalue weighted by Gasteiger charge is -2.17. The lowest BCUT2D eigenvalue weighted by molar-refractivity contribution is -0.140. The Balaban J connectivity index is 2.63. The Morgan fingerprint density at radius 3 is 2.74 bits per heavy atom. The fourth-order valence-electron chi connectivity index (χ4n) is 1.66. The number of ether oxygens (including phenoxy) is 4. The van der Waals surface area contributed by atoms with Crippen molar-refractivity contribution in [1.82, 2.24) is 0 Å². The lowest BCUT2D eigenvalue weighted by Crippen LogP contribution is -2.13. The smallest absolute Gasteiger partial charge is 0.423 e. The number of aldehydes is 1. The third kappa shape index (κ3) is 2.43. The van der Waals surface area contributed by atoms with E-state index in [1.165, 1.54) is 7.11 Å². The van der Waals surface area contributed by atoms with Gasteiger partial charge in [-0.05, 0) is 6.07 Å². The van der Waals surface area contributed by atoms with Crippen LogP contribution >= 0.6 is 0 Å². The first kappa shape index (κ1) is 13.5. The molecule has 1 aliphatic rings. The Labute approximate surface area is 105 Å². The zero-order valence-electron chi connectivity index (χ0n) is 9.74. The number of hydrogen-bond acceptors (Lipinski definition) is 5. The van der Waals surface area contributed by atoms with Gasteiger partial charge < -0.3 is 18.9 Å². The van der Waals surface area contributed by atoms with E-state index in [1.807, 2.05) is 0 Å². The van der Waals surface area contributed by atoms with Crippen molar-refractivity contribution in [2.24, 2.45) is 0 Å². The molecule has 1 aliphatic heterocycles. The Morgan fingerprint density at radius 2 is 2.16 bits per heavy atom. The molecule has 1 aromatic carbocycles. The minimum Gasteiger partial charge on any atom is -0.466 e. The van der Waals surface area contributed by atoms with Crippen LogP contribution < -0.4 is 14.2 Å². The van der Waals surface area contributed by atoms with Gasteiger partial charge in [0, 0.05) is 7.11 Å². The summed E-state index contributed by atoms with van der Waals surface area (Å²) in [6, 6.07) is 1.13. The molecule has 1 aromatic rings. The van der Waals surface area contributed by atoms with Crippen LogP contribution in [0.1, 0.15) is 15.9 Å². The van der Waals surface area contributed by atoms with Gasteiger partial charge in [0.05, 0.1) is 5.56 Å². The summed E-state index contributed by atoms with van der Waals surface area (Å²) in [5, 5.41) is 0. The van der Waals surface area contributed by atoms with Crippen LogP contribution in [0, 0.1) is 0 Å². The summed E-state index contributed by atoms with van der Waals surface area (Å²) >= 11 is 0. The molecule has 0 fully saturated rings. The van der Waals surface area contributed by atoms with Crippen molar-refractivity contribution >= 4 is 6.29 Å². The van der Waals surface area contributed by atoms with Crippen molar-refractivity contribution in [2.75, 3.05) is 20.7 Å². The lowest BCUT2D eigenvalue weighted by atomic mass is 10.1. The number of benzene rings is 1. The zero-order valence-corrected chi connectivity index (χ0v) is 9.74. The molecule has 0 amide bonds. The predicted octanol–water partition coefficient (Wildman–Crippen LogP) is 2.23. The maximum absolute atomic E-state index is 13.1. The third-order valence-electron chi connectivity index (χ3n) is 2.38. The van der Waals surface area contributed by atoms with E-state index in [-0.39, 0.29) is 24.4 Å². The molecule has 2 rings (SSSR count). The second-order valence-corrected chi connectivity index (χ2v) is 3.57. The van der Waals surface area contributed by atoms with Crippen LogP contribution in [-0.4, -0.2) is 27.0 Å². The number of methoxy groups -OCH3 is 1. The normalized spacial score (nSPS) is 13.5. The molecule has 0 atom stereocenters. The third-order valence-corrected chi connectivity index (χ3v) is 2.38. The van der Waals surface area contributed by atoms with Crippen molar-refractivity contribution < 1.29 is 36.9 Å². The summed E-state index contributed by atoms with van der Waals surface area (Å²) < 4.78 is 58.3. The highest BCUT2D eigenvalue weighted by Gasteiger charge is 2.43. The number of fused-ring (bicyclic) bond motifs is 1. The SMILES string of the molecule is COCOc1c(C=O)cc2c(c1C(F)(F)F)OCO2. The fourth-order valence-corrected chi connectivity index (χ4v) is 1.66. The number of alkyl halides is 3. The van der Waals surface area contributed by atoms with Crippen LogP contribution in [0.5, 0.6) is 17.2 Å². The summed E-state index contributed by atoms with van der Waals surface area (Å²) in [7, 11) is 1.25. The van der Waals surface area contributed by atoms with E-state index < -0.39 is 30.0 Å². The first-order valence-electron chi connectivity index (χ1n) is 5.09. The first-order chi connectivity index (χ1) is 8.99. The summed E-state index contributed by atoms with van der Waals surface area (Å²) in [5.41, 5.74) is -1.46. The second-order valence-electron chi connectivity index (χ2n) is 3.57. The Hall–Kier alpha value is -1.96. The van der Waals surface area contributed by atoms with Crippen LogP contribution in [-0.2, 0) is 10.9 Å². The molecule has 0 radical (unpaired) electrons. The number of halogens is 3. The molecule has 19 heavy (non-hydrogen) atoms. The molecule has 5 nitrogen and oxygen atoms in total. The van der Waals surface area contributed by atoms with Gasteiger partial charge >= 0.3 is 6.18 Å². The molecule has 0 spiro atoms. The molecular formula is C11H9F3O5. The molecule has 0 N–H and O–H groups in total. The highest BCUT2D eigenvalue weighted by molar-refractivity contribution is 5.83. The minimum atomic E-state index is -4.75. The quantitative estimate of drug-likeness (QED) is 0.624. The zero-order chi connectivity index (χ0) is 14.0. The second kappa shape index (κ2) is 4.96. The topological polar surface area (TPSA) is 54.0 Å². The number of hydrogen-bond donors (Lipinski definition) is 0. The Kier molecular flexibility index (Phi) is 3.52. The first-order valence-corrected chi connectivity index (χ1v) is 5.09. The summed E-state index contributed by atoms with van der Waals surface area (Å²) in [6.45, 7) is -0.770. The minimum absolute atomic E-state index is 0.140. The van der Waals surface area contributed by atoms with Gasteiger partial charge in [-0.15, -0.1) is 0 Å². The molecule has 8 heteroatoms. The highest BCUT2D eigenvalue weighted by Crippen LogP contribution is 2.50. The van der Waals surface area contributed by atoms with Gasteiger partial charge in [-0.25, -0.2) is 0 Å². The van der Waals surface area contributed by atoms with Gasteiger partial charge in [-0.3, -0.25) is 4.79 Å². The average Bonchev–Trinajstić information content (AvgIpc) is 2.80. The molecule has 0 unspecified atom stereocenters. The monoisotopic (exact) mass is 278 g/mol. The van der Waals surface area contributed by atoms with E-state index in [9.17, 15) is 18.0 Å². The van der Waals surface area contributed by atoms with Crippen molar-refractivity contribution in [3.05, 3.63) is 17.2 Å². The van der Waals surface area contributed by atoms with E-state index >= 15 is 0 Å². The van der Waals surface area contributed by atoms with E-state index in [2.05, 4.69) is 4.74 Å².